The fraction of sp³-hybridized carbons (Fsp3) is 0.562. The first kappa shape index (κ1) is 16.7. The van der Waals surface area contributed by atoms with E-state index < -0.39 is 11.6 Å². The van der Waals surface area contributed by atoms with Gasteiger partial charge in [-0.15, -0.1) is 0 Å². The summed E-state index contributed by atoms with van der Waals surface area (Å²) in [5.41, 5.74) is -0.152. The van der Waals surface area contributed by atoms with Crippen LogP contribution in [0.4, 0.5) is 14.5 Å². The second-order valence-electron chi connectivity index (χ2n) is 5.78. The van der Waals surface area contributed by atoms with Crippen molar-refractivity contribution in [1.82, 2.24) is 5.32 Å². The third-order valence-corrected chi connectivity index (χ3v) is 4.21. The standard InChI is InChI=1S/C16H22F2N2O2/c1-10(11-3-5-19-6-4-11)7-16(21)20-14-8-13(18)15(22-2)9-12(14)17/h8-11,19H,3-7H2,1-2H3,(H,20,21). The zero-order chi connectivity index (χ0) is 16.1. The van der Waals surface area contributed by atoms with Crippen molar-refractivity contribution < 1.29 is 18.3 Å². The Labute approximate surface area is 129 Å². The number of amides is 1. The average Bonchev–Trinajstić information content (AvgIpc) is 2.51. The summed E-state index contributed by atoms with van der Waals surface area (Å²) in [6, 6.07) is 1.88. The SMILES string of the molecule is COc1cc(F)c(NC(=O)CC(C)C2CCNCC2)cc1F. The van der Waals surface area contributed by atoms with Gasteiger partial charge in [-0.25, -0.2) is 8.78 Å². The Kier molecular flexibility index (Phi) is 5.71. The van der Waals surface area contributed by atoms with Gasteiger partial charge in [0.25, 0.3) is 0 Å². The van der Waals surface area contributed by atoms with Crippen LogP contribution in [0.2, 0.25) is 0 Å². The molecule has 0 radical (unpaired) electrons. The Balaban J connectivity index is 1.95. The number of carbonyl (C=O) groups excluding carboxylic acids is 1. The van der Waals surface area contributed by atoms with E-state index in [1.165, 1.54) is 7.11 Å². The fourth-order valence-electron chi connectivity index (χ4n) is 2.85. The summed E-state index contributed by atoms with van der Waals surface area (Å²) in [6.45, 7) is 3.96. The molecule has 1 amide bonds. The van der Waals surface area contributed by atoms with Gasteiger partial charge in [-0.05, 0) is 37.8 Å². The van der Waals surface area contributed by atoms with Crippen LogP contribution in [0.15, 0.2) is 12.1 Å². The van der Waals surface area contributed by atoms with E-state index in [0.29, 0.717) is 12.3 Å². The first-order chi connectivity index (χ1) is 10.5. The Morgan fingerprint density at radius 2 is 2.05 bits per heavy atom. The maximum atomic E-state index is 13.8. The fourth-order valence-corrected chi connectivity index (χ4v) is 2.85. The van der Waals surface area contributed by atoms with Crippen LogP contribution in [0.25, 0.3) is 0 Å². The van der Waals surface area contributed by atoms with Crippen LogP contribution in [-0.2, 0) is 4.79 Å². The second kappa shape index (κ2) is 7.54. The monoisotopic (exact) mass is 312 g/mol. The zero-order valence-corrected chi connectivity index (χ0v) is 12.9. The van der Waals surface area contributed by atoms with Crippen LogP contribution in [-0.4, -0.2) is 26.1 Å². The van der Waals surface area contributed by atoms with Gasteiger partial charge in [0.1, 0.15) is 0 Å². The molecule has 1 saturated heterocycles. The zero-order valence-electron chi connectivity index (χ0n) is 12.9. The first-order valence-electron chi connectivity index (χ1n) is 7.55. The van der Waals surface area contributed by atoms with E-state index in [1.54, 1.807) is 0 Å². The highest BCUT2D eigenvalue weighted by Gasteiger charge is 2.22. The molecule has 4 nitrogen and oxygen atoms in total. The number of hydrogen-bond donors (Lipinski definition) is 2. The van der Waals surface area contributed by atoms with Gasteiger partial charge in [-0.1, -0.05) is 6.92 Å². The summed E-state index contributed by atoms with van der Waals surface area (Å²) in [6.07, 6.45) is 2.39. The number of benzene rings is 1. The van der Waals surface area contributed by atoms with E-state index in [2.05, 4.69) is 10.6 Å². The predicted octanol–water partition coefficient (Wildman–Crippen LogP) is 2.94. The van der Waals surface area contributed by atoms with E-state index in [0.717, 1.165) is 38.1 Å². The molecule has 22 heavy (non-hydrogen) atoms. The summed E-state index contributed by atoms with van der Waals surface area (Å²) in [5.74, 6) is -1.18. The quantitative estimate of drug-likeness (QED) is 0.879. The number of piperidine rings is 1. The Bertz CT molecular complexity index is 531. The van der Waals surface area contributed by atoms with Crippen LogP contribution in [0, 0.1) is 23.5 Å². The summed E-state index contributed by atoms with van der Waals surface area (Å²) < 4.78 is 32.1. The molecule has 1 heterocycles. The van der Waals surface area contributed by atoms with Crippen molar-refractivity contribution in [2.75, 3.05) is 25.5 Å². The molecule has 1 aromatic rings. The maximum Gasteiger partial charge on any atom is 0.224 e. The number of rotatable bonds is 5. The molecule has 1 atom stereocenters. The molecule has 2 N–H and O–H groups in total. The minimum atomic E-state index is -0.707. The maximum absolute atomic E-state index is 13.8. The van der Waals surface area contributed by atoms with E-state index in [9.17, 15) is 13.6 Å². The molecule has 122 valence electrons. The molecule has 6 heteroatoms. The van der Waals surface area contributed by atoms with Crippen LogP contribution >= 0.6 is 0 Å². The second-order valence-corrected chi connectivity index (χ2v) is 5.78. The van der Waals surface area contributed by atoms with Crippen molar-refractivity contribution in [1.29, 1.82) is 0 Å². The van der Waals surface area contributed by atoms with Gasteiger partial charge in [-0.2, -0.15) is 0 Å². The normalized spacial score (nSPS) is 17.1. The van der Waals surface area contributed by atoms with Crippen molar-refractivity contribution in [2.45, 2.75) is 26.2 Å². The first-order valence-corrected chi connectivity index (χ1v) is 7.55. The van der Waals surface area contributed by atoms with Gasteiger partial charge in [0, 0.05) is 18.6 Å². The highest BCUT2D eigenvalue weighted by molar-refractivity contribution is 5.91. The van der Waals surface area contributed by atoms with Crippen molar-refractivity contribution in [3.8, 4) is 5.75 Å². The van der Waals surface area contributed by atoms with E-state index >= 15 is 0 Å². The van der Waals surface area contributed by atoms with Gasteiger partial charge in [0.15, 0.2) is 17.4 Å². The molecular weight excluding hydrogens is 290 g/mol. The lowest BCUT2D eigenvalue weighted by atomic mass is 9.84. The van der Waals surface area contributed by atoms with Crippen LogP contribution in [0.5, 0.6) is 5.75 Å². The number of nitrogens with one attached hydrogen (secondary N) is 2. The predicted molar refractivity (Wildman–Crippen MR) is 80.9 cm³/mol. The molecule has 0 saturated carbocycles. The molecule has 0 bridgehead atoms. The summed E-state index contributed by atoms with van der Waals surface area (Å²) in [5, 5.41) is 5.73. The highest BCUT2D eigenvalue weighted by Crippen LogP contribution is 2.27. The van der Waals surface area contributed by atoms with Crippen molar-refractivity contribution >= 4 is 11.6 Å². The van der Waals surface area contributed by atoms with Crippen molar-refractivity contribution in [3.63, 3.8) is 0 Å². The molecule has 1 aliphatic rings. The van der Waals surface area contributed by atoms with Gasteiger partial charge >= 0.3 is 0 Å². The molecule has 0 aliphatic carbocycles. The van der Waals surface area contributed by atoms with E-state index in [-0.39, 0.29) is 23.3 Å². The Hall–Kier alpha value is -1.69. The van der Waals surface area contributed by atoms with Gasteiger partial charge in [0.05, 0.1) is 12.8 Å². The topological polar surface area (TPSA) is 50.4 Å². The number of carbonyl (C=O) groups is 1. The highest BCUT2D eigenvalue weighted by atomic mass is 19.1. The Morgan fingerprint density at radius 3 is 2.68 bits per heavy atom. The lowest BCUT2D eigenvalue weighted by Crippen LogP contribution is -2.32. The minimum Gasteiger partial charge on any atom is -0.494 e. The van der Waals surface area contributed by atoms with Crippen molar-refractivity contribution in [3.05, 3.63) is 23.8 Å². The largest absolute Gasteiger partial charge is 0.494 e. The molecule has 0 spiro atoms. The van der Waals surface area contributed by atoms with E-state index in [1.807, 2.05) is 6.92 Å². The van der Waals surface area contributed by atoms with Crippen LogP contribution in [0.1, 0.15) is 26.2 Å². The van der Waals surface area contributed by atoms with Gasteiger partial charge in [0.2, 0.25) is 5.91 Å². The number of hydrogen-bond acceptors (Lipinski definition) is 3. The number of methoxy groups -OCH3 is 1. The minimum absolute atomic E-state index is 0.152. The average molecular weight is 312 g/mol. The molecule has 1 aromatic carbocycles. The molecule has 0 aromatic heterocycles. The summed E-state index contributed by atoms with van der Waals surface area (Å²) in [7, 11) is 1.26. The third-order valence-electron chi connectivity index (χ3n) is 4.21. The summed E-state index contributed by atoms with van der Waals surface area (Å²) in [4.78, 5) is 12.0. The smallest absolute Gasteiger partial charge is 0.224 e. The molecule has 1 aliphatic heterocycles. The Morgan fingerprint density at radius 1 is 1.36 bits per heavy atom. The number of ether oxygens (including phenoxy) is 1. The lowest BCUT2D eigenvalue weighted by molar-refractivity contribution is -0.117. The molecular formula is C16H22F2N2O2. The number of anilines is 1. The van der Waals surface area contributed by atoms with Crippen LogP contribution in [0.3, 0.4) is 0 Å². The van der Waals surface area contributed by atoms with Gasteiger partial charge in [-0.3, -0.25) is 4.79 Å². The molecule has 2 rings (SSSR count). The molecule has 1 unspecified atom stereocenters. The summed E-state index contributed by atoms with van der Waals surface area (Å²) >= 11 is 0. The lowest BCUT2D eigenvalue weighted by Gasteiger charge is -2.27. The van der Waals surface area contributed by atoms with Crippen LogP contribution < -0.4 is 15.4 Å². The number of halogens is 2. The third kappa shape index (κ3) is 4.16. The molecule has 1 fully saturated rings. The van der Waals surface area contributed by atoms with Crippen molar-refractivity contribution in [2.24, 2.45) is 11.8 Å². The van der Waals surface area contributed by atoms with E-state index in [4.69, 9.17) is 4.74 Å². The van der Waals surface area contributed by atoms with Gasteiger partial charge < -0.3 is 15.4 Å².